The fourth-order valence-corrected chi connectivity index (χ4v) is 4.31. The molecule has 0 N–H and O–H groups in total. The lowest BCUT2D eigenvalue weighted by Gasteiger charge is -2.42. The van der Waals surface area contributed by atoms with Crippen molar-refractivity contribution in [1.82, 2.24) is 9.80 Å². The molecule has 35 heavy (non-hydrogen) atoms. The fourth-order valence-electron chi connectivity index (χ4n) is 4.04. The number of methoxy groups -OCH3 is 1. The van der Waals surface area contributed by atoms with Crippen molar-refractivity contribution in [3.63, 3.8) is 0 Å². The van der Waals surface area contributed by atoms with Gasteiger partial charge in [0.05, 0.1) is 26.0 Å². The normalized spacial score (nSPS) is 17.8. The lowest BCUT2D eigenvalue weighted by atomic mass is 9.89. The van der Waals surface area contributed by atoms with Crippen LogP contribution in [0.5, 0.6) is 0 Å². The van der Waals surface area contributed by atoms with Gasteiger partial charge in [-0.15, -0.1) is 0 Å². The second kappa shape index (κ2) is 12.6. The van der Waals surface area contributed by atoms with E-state index in [-0.39, 0.29) is 50.6 Å². The Balaban J connectivity index is 2.20. The number of esters is 1. The van der Waals surface area contributed by atoms with Crippen molar-refractivity contribution in [2.24, 2.45) is 11.8 Å². The summed E-state index contributed by atoms with van der Waals surface area (Å²) < 4.78 is 44.5. The zero-order valence-corrected chi connectivity index (χ0v) is 21.5. The van der Waals surface area contributed by atoms with Crippen LogP contribution in [0, 0.1) is 11.8 Å². The standard InChI is InChI=1S/C24H30BrF3N2O5/c1-15(2)18(12-22(33)35-3)23(34)30-11-10-29(14-24(26,27)28)13-19(30)21(32)9-8-20(31)16-4-6-17(25)7-5-16/h4-7,15,18-19H,8-14H2,1-3H3/t18-,19-/m0/s1. The quantitative estimate of drug-likeness (QED) is 0.318. The predicted octanol–water partition coefficient (Wildman–Crippen LogP) is 3.89. The van der Waals surface area contributed by atoms with Crippen molar-refractivity contribution in [2.75, 3.05) is 33.3 Å². The molecule has 0 bridgehead atoms. The van der Waals surface area contributed by atoms with Gasteiger partial charge in [0, 0.05) is 42.5 Å². The molecule has 0 aromatic heterocycles. The highest BCUT2D eigenvalue weighted by atomic mass is 79.9. The van der Waals surface area contributed by atoms with Crippen LogP contribution in [0.15, 0.2) is 28.7 Å². The van der Waals surface area contributed by atoms with Crippen molar-refractivity contribution in [3.05, 3.63) is 34.3 Å². The van der Waals surface area contributed by atoms with Gasteiger partial charge in [-0.3, -0.25) is 24.1 Å². The van der Waals surface area contributed by atoms with Crippen molar-refractivity contribution in [3.8, 4) is 0 Å². The Hall–Kier alpha value is -2.27. The van der Waals surface area contributed by atoms with Gasteiger partial charge in [0.1, 0.15) is 6.04 Å². The summed E-state index contributed by atoms with van der Waals surface area (Å²) >= 11 is 3.28. The molecule has 1 heterocycles. The number of piperazine rings is 1. The number of hydrogen-bond donors (Lipinski definition) is 0. The SMILES string of the molecule is COC(=O)C[C@H](C(=O)N1CCN(CC(F)(F)F)C[C@H]1C(=O)CCC(=O)c1ccc(Br)cc1)C(C)C. The molecule has 1 aromatic carbocycles. The highest BCUT2D eigenvalue weighted by Gasteiger charge is 2.41. The Morgan fingerprint density at radius 3 is 2.26 bits per heavy atom. The first-order chi connectivity index (χ1) is 16.3. The molecule has 194 valence electrons. The van der Waals surface area contributed by atoms with Crippen LogP contribution in [-0.2, 0) is 19.1 Å². The summed E-state index contributed by atoms with van der Waals surface area (Å²) in [7, 11) is 1.20. The zero-order valence-electron chi connectivity index (χ0n) is 19.9. The predicted molar refractivity (Wildman–Crippen MR) is 126 cm³/mol. The van der Waals surface area contributed by atoms with Crippen LogP contribution >= 0.6 is 15.9 Å². The molecule has 11 heteroatoms. The van der Waals surface area contributed by atoms with Crippen LogP contribution in [-0.4, -0.2) is 78.7 Å². The number of Topliss-reactive ketones (excluding diaryl/α,β-unsaturated/α-hetero) is 2. The molecule has 1 saturated heterocycles. The third-order valence-electron chi connectivity index (χ3n) is 6.02. The molecule has 0 radical (unpaired) electrons. The topological polar surface area (TPSA) is 84.0 Å². The van der Waals surface area contributed by atoms with E-state index < -0.39 is 42.3 Å². The number of alkyl halides is 3. The molecule has 2 atom stereocenters. The monoisotopic (exact) mass is 562 g/mol. The summed E-state index contributed by atoms with van der Waals surface area (Å²) in [5.41, 5.74) is 0.411. The van der Waals surface area contributed by atoms with E-state index in [1.807, 2.05) is 0 Å². The number of rotatable bonds is 10. The number of amides is 1. The minimum Gasteiger partial charge on any atom is -0.469 e. The lowest BCUT2D eigenvalue weighted by molar-refractivity contribution is -0.162. The molecule has 7 nitrogen and oxygen atoms in total. The molecule has 1 aliphatic rings. The van der Waals surface area contributed by atoms with Gasteiger partial charge in [0.25, 0.3) is 0 Å². The Morgan fingerprint density at radius 1 is 1.09 bits per heavy atom. The van der Waals surface area contributed by atoms with Gasteiger partial charge in [-0.05, 0) is 18.1 Å². The fraction of sp³-hybridized carbons (Fsp3) is 0.583. The van der Waals surface area contributed by atoms with E-state index in [0.29, 0.717) is 5.56 Å². The summed E-state index contributed by atoms with van der Waals surface area (Å²) in [4.78, 5) is 53.2. The lowest BCUT2D eigenvalue weighted by Crippen LogP contribution is -2.60. The van der Waals surface area contributed by atoms with E-state index in [0.717, 1.165) is 9.37 Å². The highest BCUT2D eigenvalue weighted by molar-refractivity contribution is 9.10. The van der Waals surface area contributed by atoms with Gasteiger partial charge in [0.15, 0.2) is 11.6 Å². The second-order valence-corrected chi connectivity index (χ2v) is 9.84. The van der Waals surface area contributed by atoms with E-state index in [4.69, 9.17) is 0 Å². The maximum Gasteiger partial charge on any atom is 0.401 e. The van der Waals surface area contributed by atoms with Crippen molar-refractivity contribution >= 4 is 39.4 Å². The largest absolute Gasteiger partial charge is 0.469 e. The van der Waals surface area contributed by atoms with Crippen LogP contribution in [0.2, 0.25) is 0 Å². The second-order valence-electron chi connectivity index (χ2n) is 8.92. The molecular weight excluding hydrogens is 533 g/mol. The van der Waals surface area contributed by atoms with E-state index in [9.17, 15) is 32.3 Å². The Bertz CT molecular complexity index is 921. The van der Waals surface area contributed by atoms with Crippen LogP contribution in [0.3, 0.4) is 0 Å². The Kier molecular flexibility index (Phi) is 10.4. The van der Waals surface area contributed by atoms with Crippen LogP contribution in [0.4, 0.5) is 13.2 Å². The number of halogens is 4. The first-order valence-electron chi connectivity index (χ1n) is 11.3. The number of nitrogens with zero attached hydrogens (tertiary/aromatic N) is 2. The van der Waals surface area contributed by atoms with Gasteiger partial charge >= 0.3 is 12.1 Å². The summed E-state index contributed by atoms with van der Waals surface area (Å²) in [6, 6.07) is 5.46. The minimum atomic E-state index is -4.46. The molecule has 2 rings (SSSR count). The summed E-state index contributed by atoms with van der Waals surface area (Å²) in [6.07, 6.45) is -5.00. The van der Waals surface area contributed by atoms with Crippen LogP contribution < -0.4 is 0 Å². The summed E-state index contributed by atoms with van der Waals surface area (Å²) in [6.45, 7) is 1.86. The first-order valence-corrected chi connectivity index (χ1v) is 12.1. The molecule has 0 saturated carbocycles. The number of carbonyl (C=O) groups excluding carboxylic acids is 4. The van der Waals surface area contributed by atoms with Gasteiger partial charge in [0.2, 0.25) is 5.91 Å². The number of hydrogen-bond acceptors (Lipinski definition) is 6. The summed E-state index contributed by atoms with van der Waals surface area (Å²) in [5.74, 6) is -2.88. The van der Waals surface area contributed by atoms with E-state index in [1.165, 1.54) is 12.0 Å². The molecule has 1 amide bonds. The minimum absolute atomic E-state index is 0.0596. The van der Waals surface area contributed by atoms with Crippen molar-refractivity contribution < 1.29 is 37.1 Å². The smallest absolute Gasteiger partial charge is 0.401 e. The maximum absolute atomic E-state index is 13.3. The third kappa shape index (κ3) is 8.71. The number of ketones is 2. The molecule has 0 spiro atoms. The van der Waals surface area contributed by atoms with Crippen molar-refractivity contribution in [2.45, 2.75) is 45.3 Å². The van der Waals surface area contributed by atoms with Crippen molar-refractivity contribution in [1.29, 1.82) is 0 Å². The number of ether oxygens (including phenoxy) is 1. The number of benzene rings is 1. The van der Waals surface area contributed by atoms with E-state index >= 15 is 0 Å². The third-order valence-corrected chi connectivity index (χ3v) is 6.55. The van der Waals surface area contributed by atoms with Crippen LogP contribution in [0.1, 0.15) is 43.5 Å². The van der Waals surface area contributed by atoms with E-state index in [1.54, 1.807) is 38.1 Å². The average molecular weight is 563 g/mol. The van der Waals surface area contributed by atoms with Gasteiger partial charge in [-0.2, -0.15) is 13.2 Å². The molecule has 1 aromatic rings. The maximum atomic E-state index is 13.3. The molecule has 1 fully saturated rings. The highest BCUT2D eigenvalue weighted by Crippen LogP contribution is 2.25. The van der Waals surface area contributed by atoms with Gasteiger partial charge < -0.3 is 9.64 Å². The molecule has 1 aliphatic heterocycles. The average Bonchev–Trinajstić information content (AvgIpc) is 2.79. The Labute approximate surface area is 211 Å². The zero-order chi connectivity index (χ0) is 26.3. The van der Waals surface area contributed by atoms with Crippen LogP contribution in [0.25, 0.3) is 0 Å². The molecular formula is C24H30BrF3N2O5. The summed E-state index contributed by atoms with van der Waals surface area (Å²) in [5, 5.41) is 0. The molecule has 0 aliphatic carbocycles. The Morgan fingerprint density at radius 2 is 1.71 bits per heavy atom. The van der Waals surface area contributed by atoms with E-state index in [2.05, 4.69) is 20.7 Å². The number of carbonyl (C=O) groups is 4. The first kappa shape index (κ1) is 29.0. The molecule has 0 unspecified atom stereocenters. The van der Waals surface area contributed by atoms with Gasteiger partial charge in [-0.1, -0.05) is 41.9 Å². The van der Waals surface area contributed by atoms with Gasteiger partial charge in [-0.25, -0.2) is 0 Å².